The Morgan fingerprint density at radius 3 is 2.63 bits per heavy atom. The molecule has 0 aliphatic carbocycles. The molecule has 19 heavy (non-hydrogen) atoms. The summed E-state index contributed by atoms with van der Waals surface area (Å²) >= 11 is 5.57. The molecule has 0 heterocycles. The lowest BCUT2D eigenvalue weighted by molar-refractivity contribution is 0.0696. The van der Waals surface area contributed by atoms with Crippen LogP contribution < -0.4 is 4.74 Å². The minimum atomic E-state index is -1.05. The van der Waals surface area contributed by atoms with E-state index in [1.165, 1.54) is 24.3 Å². The highest BCUT2D eigenvalue weighted by Crippen LogP contribution is 2.28. The molecule has 2 rings (SSSR count). The fourth-order valence-electron chi connectivity index (χ4n) is 1.51. The van der Waals surface area contributed by atoms with Gasteiger partial charge in [0, 0.05) is 6.07 Å². The molecule has 0 atom stereocenters. The Kier molecular flexibility index (Phi) is 3.71. The monoisotopic (exact) mass is 280 g/mol. The average molecular weight is 281 g/mol. The van der Waals surface area contributed by atoms with Gasteiger partial charge in [-0.25, -0.2) is 9.18 Å². The molecule has 2 aromatic carbocycles. The molecule has 0 aliphatic heterocycles. The van der Waals surface area contributed by atoms with Crippen LogP contribution in [0, 0.1) is 12.7 Å². The fourth-order valence-corrected chi connectivity index (χ4v) is 1.63. The van der Waals surface area contributed by atoms with Gasteiger partial charge in [-0.05, 0) is 36.8 Å². The van der Waals surface area contributed by atoms with E-state index in [0.29, 0.717) is 5.75 Å². The SMILES string of the molecule is Cc1ccc(C(=O)O)cc1Oc1ccc(Cl)c(F)c1. The van der Waals surface area contributed by atoms with Gasteiger partial charge in [-0.3, -0.25) is 0 Å². The zero-order valence-electron chi connectivity index (χ0n) is 9.98. The second kappa shape index (κ2) is 5.28. The molecule has 5 heteroatoms. The van der Waals surface area contributed by atoms with E-state index in [4.69, 9.17) is 21.4 Å². The van der Waals surface area contributed by atoms with Gasteiger partial charge < -0.3 is 9.84 Å². The van der Waals surface area contributed by atoms with Gasteiger partial charge in [0.15, 0.2) is 0 Å². The van der Waals surface area contributed by atoms with Crippen LogP contribution in [0.25, 0.3) is 0 Å². The number of hydrogen-bond donors (Lipinski definition) is 1. The van der Waals surface area contributed by atoms with Crippen LogP contribution in [0.4, 0.5) is 4.39 Å². The Labute approximate surface area is 114 Å². The Hall–Kier alpha value is -2.07. The number of ether oxygens (including phenoxy) is 1. The number of carbonyl (C=O) groups is 1. The molecule has 0 unspecified atom stereocenters. The van der Waals surface area contributed by atoms with Gasteiger partial charge in [0.25, 0.3) is 0 Å². The van der Waals surface area contributed by atoms with Crippen molar-refractivity contribution in [1.29, 1.82) is 0 Å². The predicted molar refractivity (Wildman–Crippen MR) is 69.6 cm³/mol. The third-order valence-corrected chi connectivity index (χ3v) is 2.86. The van der Waals surface area contributed by atoms with E-state index in [1.54, 1.807) is 13.0 Å². The summed E-state index contributed by atoms with van der Waals surface area (Å²) < 4.78 is 18.8. The Balaban J connectivity index is 2.34. The highest BCUT2D eigenvalue weighted by molar-refractivity contribution is 6.30. The number of hydrogen-bond acceptors (Lipinski definition) is 2. The highest BCUT2D eigenvalue weighted by atomic mass is 35.5. The minimum absolute atomic E-state index is 0.00311. The first kappa shape index (κ1) is 13.4. The number of carboxylic acids is 1. The van der Waals surface area contributed by atoms with E-state index in [2.05, 4.69) is 0 Å². The summed E-state index contributed by atoms with van der Waals surface area (Å²) in [6.45, 7) is 1.77. The predicted octanol–water partition coefficient (Wildman–Crippen LogP) is 4.28. The first-order chi connectivity index (χ1) is 8.97. The van der Waals surface area contributed by atoms with Crippen LogP contribution in [-0.2, 0) is 0 Å². The van der Waals surface area contributed by atoms with Crippen LogP contribution in [0.15, 0.2) is 36.4 Å². The second-order valence-electron chi connectivity index (χ2n) is 3.96. The lowest BCUT2D eigenvalue weighted by Gasteiger charge is -2.10. The molecule has 0 saturated heterocycles. The molecule has 0 fully saturated rings. The number of rotatable bonds is 3. The van der Waals surface area contributed by atoms with Gasteiger partial charge in [0.2, 0.25) is 0 Å². The van der Waals surface area contributed by atoms with Crippen molar-refractivity contribution in [3.8, 4) is 11.5 Å². The molecule has 0 amide bonds. The maximum absolute atomic E-state index is 13.3. The number of halogens is 2. The molecule has 0 spiro atoms. The van der Waals surface area contributed by atoms with Crippen LogP contribution in [0.5, 0.6) is 11.5 Å². The maximum Gasteiger partial charge on any atom is 0.335 e. The van der Waals surface area contributed by atoms with Crippen LogP contribution in [-0.4, -0.2) is 11.1 Å². The summed E-state index contributed by atoms with van der Waals surface area (Å²) in [6.07, 6.45) is 0. The quantitative estimate of drug-likeness (QED) is 0.913. The van der Waals surface area contributed by atoms with Crippen molar-refractivity contribution in [2.24, 2.45) is 0 Å². The highest BCUT2D eigenvalue weighted by Gasteiger charge is 2.09. The molecule has 0 saturated carbocycles. The summed E-state index contributed by atoms with van der Waals surface area (Å²) in [7, 11) is 0. The summed E-state index contributed by atoms with van der Waals surface area (Å²) in [5, 5.41) is 8.92. The Bertz CT molecular complexity index is 641. The molecule has 1 N–H and O–H groups in total. The van der Waals surface area contributed by atoms with E-state index in [1.807, 2.05) is 0 Å². The Morgan fingerprint density at radius 2 is 2.00 bits per heavy atom. The van der Waals surface area contributed by atoms with Crippen molar-refractivity contribution in [2.75, 3.05) is 0 Å². The standard InChI is InChI=1S/C14H10ClFO3/c1-8-2-3-9(14(17)18)6-13(8)19-10-4-5-11(15)12(16)7-10/h2-7H,1H3,(H,17,18). The smallest absolute Gasteiger partial charge is 0.335 e. The van der Waals surface area contributed by atoms with Crippen LogP contribution >= 0.6 is 11.6 Å². The van der Waals surface area contributed by atoms with Crippen LogP contribution in [0.3, 0.4) is 0 Å². The summed E-state index contributed by atoms with van der Waals surface area (Å²) in [6, 6.07) is 8.54. The fraction of sp³-hybridized carbons (Fsp3) is 0.0714. The van der Waals surface area contributed by atoms with E-state index >= 15 is 0 Å². The molecular formula is C14H10ClFO3. The van der Waals surface area contributed by atoms with Crippen molar-refractivity contribution in [3.05, 3.63) is 58.4 Å². The third kappa shape index (κ3) is 3.03. The van der Waals surface area contributed by atoms with E-state index in [0.717, 1.165) is 11.6 Å². The summed E-state index contributed by atoms with van der Waals surface area (Å²) in [5.74, 6) is -1.02. The molecular weight excluding hydrogens is 271 g/mol. The maximum atomic E-state index is 13.3. The molecule has 0 aliphatic rings. The molecule has 2 aromatic rings. The first-order valence-electron chi connectivity index (χ1n) is 5.44. The van der Waals surface area contributed by atoms with Crippen LogP contribution in [0.1, 0.15) is 15.9 Å². The first-order valence-corrected chi connectivity index (χ1v) is 5.82. The molecule has 0 bridgehead atoms. The van der Waals surface area contributed by atoms with Crippen molar-refractivity contribution >= 4 is 17.6 Å². The number of carboxylic acid groups (broad SMARTS) is 1. The van der Waals surface area contributed by atoms with Gasteiger partial charge in [-0.1, -0.05) is 17.7 Å². The zero-order chi connectivity index (χ0) is 14.0. The van der Waals surface area contributed by atoms with Gasteiger partial charge in [-0.15, -0.1) is 0 Å². The lowest BCUT2D eigenvalue weighted by Crippen LogP contribution is -1.97. The van der Waals surface area contributed by atoms with Crippen molar-refractivity contribution in [3.63, 3.8) is 0 Å². The number of benzene rings is 2. The van der Waals surface area contributed by atoms with Gasteiger partial charge in [-0.2, -0.15) is 0 Å². The molecule has 98 valence electrons. The second-order valence-corrected chi connectivity index (χ2v) is 4.37. The minimum Gasteiger partial charge on any atom is -0.478 e. The lowest BCUT2D eigenvalue weighted by atomic mass is 10.1. The Morgan fingerprint density at radius 1 is 1.26 bits per heavy atom. The van der Waals surface area contributed by atoms with E-state index < -0.39 is 11.8 Å². The van der Waals surface area contributed by atoms with Crippen molar-refractivity contribution < 1.29 is 19.0 Å². The molecule has 3 nitrogen and oxygen atoms in total. The van der Waals surface area contributed by atoms with Crippen molar-refractivity contribution in [1.82, 2.24) is 0 Å². The normalized spacial score (nSPS) is 10.3. The summed E-state index contributed by atoms with van der Waals surface area (Å²) in [5.41, 5.74) is 0.857. The van der Waals surface area contributed by atoms with Gasteiger partial charge in [0.1, 0.15) is 17.3 Å². The largest absolute Gasteiger partial charge is 0.478 e. The number of aromatic carboxylic acids is 1. The third-order valence-electron chi connectivity index (χ3n) is 2.55. The average Bonchev–Trinajstić information content (AvgIpc) is 2.36. The molecule has 0 radical (unpaired) electrons. The van der Waals surface area contributed by atoms with Crippen LogP contribution in [0.2, 0.25) is 5.02 Å². The summed E-state index contributed by atoms with van der Waals surface area (Å²) in [4.78, 5) is 10.9. The van der Waals surface area contributed by atoms with Crippen molar-refractivity contribution in [2.45, 2.75) is 6.92 Å². The van der Waals surface area contributed by atoms with Gasteiger partial charge in [0.05, 0.1) is 10.6 Å². The zero-order valence-corrected chi connectivity index (χ0v) is 10.7. The van der Waals surface area contributed by atoms with E-state index in [-0.39, 0.29) is 16.3 Å². The molecule has 0 aromatic heterocycles. The van der Waals surface area contributed by atoms with E-state index in [9.17, 15) is 9.18 Å². The topological polar surface area (TPSA) is 46.5 Å². The number of aryl methyl sites for hydroxylation is 1. The van der Waals surface area contributed by atoms with Gasteiger partial charge >= 0.3 is 5.97 Å².